The van der Waals surface area contributed by atoms with E-state index in [-0.39, 0.29) is 12.5 Å². The van der Waals surface area contributed by atoms with E-state index in [2.05, 4.69) is 0 Å². The Morgan fingerprint density at radius 2 is 2.20 bits per heavy atom. The predicted molar refractivity (Wildman–Crippen MR) is 56.3 cm³/mol. The number of nitriles is 1. The summed E-state index contributed by atoms with van der Waals surface area (Å²) in [6.45, 7) is 0.869. The lowest BCUT2D eigenvalue weighted by Crippen LogP contribution is -2.31. The van der Waals surface area contributed by atoms with E-state index in [0.29, 0.717) is 6.54 Å². The van der Waals surface area contributed by atoms with Crippen molar-refractivity contribution in [2.75, 3.05) is 13.1 Å². The van der Waals surface area contributed by atoms with Gasteiger partial charge in [-0.3, -0.25) is 4.79 Å². The molecule has 0 radical (unpaired) electrons. The molecule has 76 valence electrons. The minimum absolute atomic E-state index is 0.00958. The Morgan fingerprint density at radius 1 is 1.40 bits per heavy atom. The number of hydrogen-bond acceptors (Lipinski definition) is 2. The topological polar surface area (TPSA) is 44.1 Å². The van der Waals surface area contributed by atoms with E-state index >= 15 is 0 Å². The molecule has 1 heterocycles. The van der Waals surface area contributed by atoms with Crippen molar-refractivity contribution in [2.24, 2.45) is 0 Å². The fourth-order valence-corrected chi connectivity index (χ4v) is 1.92. The Morgan fingerprint density at radius 3 is 3.00 bits per heavy atom. The van der Waals surface area contributed by atoms with Crippen LogP contribution in [0.15, 0.2) is 24.3 Å². The fourth-order valence-electron chi connectivity index (χ4n) is 1.92. The highest BCUT2D eigenvalue weighted by Gasteiger charge is 2.21. The lowest BCUT2D eigenvalue weighted by molar-refractivity contribution is 0.0781. The second-order valence-electron chi connectivity index (χ2n) is 3.65. The van der Waals surface area contributed by atoms with Crippen molar-refractivity contribution in [3.8, 4) is 6.07 Å². The zero-order chi connectivity index (χ0) is 10.7. The minimum Gasteiger partial charge on any atom is -0.325 e. The molecule has 0 aliphatic carbocycles. The monoisotopic (exact) mass is 200 g/mol. The van der Waals surface area contributed by atoms with Crippen molar-refractivity contribution >= 4 is 5.91 Å². The highest BCUT2D eigenvalue weighted by atomic mass is 16.2. The number of carbonyl (C=O) groups excluding carboxylic acids is 1. The van der Waals surface area contributed by atoms with Crippen LogP contribution in [0.25, 0.3) is 0 Å². The molecule has 1 aromatic rings. The molecule has 0 bridgehead atoms. The van der Waals surface area contributed by atoms with Gasteiger partial charge in [-0.25, -0.2) is 0 Å². The maximum atomic E-state index is 12.0. The summed E-state index contributed by atoms with van der Waals surface area (Å²) in [6.07, 6.45) is 1.86. The first-order valence-corrected chi connectivity index (χ1v) is 5.07. The van der Waals surface area contributed by atoms with E-state index in [1.807, 2.05) is 30.3 Å². The summed E-state index contributed by atoms with van der Waals surface area (Å²) in [5.74, 6) is -0.00958. The molecule has 0 saturated heterocycles. The van der Waals surface area contributed by atoms with E-state index in [1.54, 1.807) is 4.90 Å². The third-order valence-corrected chi connectivity index (χ3v) is 2.67. The minimum atomic E-state index is -0.00958. The molecule has 3 nitrogen and oxygen atoms in total. The van der Waals surface area contributed by atoms with Crippen molar-refractivity contribution in [2.45, 2.75) is 12.8 Å². The zero-order valence-corrected chi connectivity index (χ0v) is 8.44. The van der Waals surface area contributed by atoms with Crippen LogP contribution in [0.2, 0.25) is 0 Å². The highest BCUT2D eigenvalue weighted by molar-refractivity contribution is 5.96. The molecule has 1 aliphatic rings. The van der Waals surface area contributed by atoms with Crippen LogP contribution in [-0.4, -0.2) is 23.9 Å². The van der Waals surface area contributed by atoms with E-state index in [0.717, 1.165) is 24.0 Å². The largest absolute Gasteiger partial charge is 0.325 e. The number of benzene rings is 1. The molecule has 0 N–H and O–H groups in total. The predicted octanol–water partition coefficient (Wildman–Crippen LogP) is 1.60. The number of aryl methyl sites for hydroxylation is 1. The standard InChI is InChI=1S/C12H12N2O/c13-7-9-14-8-3-5-10-4-1-2-6-11(10)12(14)15/h1-2,4,6H,3,5,8-9H2. The van der Waals surface area contributed by atoms with Gasteiger partial charge in [0, 0.05) is 12.1 Å². The molecule has 0 atom stereocenters. The molecule has 3 heteroatoms. The number of rotatable bonds is 1. The number of nitrogens with zero attached hydrogens (tertiary/aromatic N) is 2. The smallest absolute Gasteiger partial charge is 0.254 e. The van der Waals surface area contributed by atoms with Crippen molar-refractivity contribution in [1.29, 1.82) is 5.26 Å². The normalized spacial score (nSPS) is 15.4. The van der Waals surface area contributed by atoms with Gasteiger partial charge in [0.1, 0.15) is 6.54 Å². The first-order chi connectivity index (χ1) is 7.33. The summed E-state index contributed by atoms with van der Waals surface area (Å²) in [4.78, 5) is 13.6. The molecule has 0 fully saturated rings. The van der Waals surface area contributed by atoms with Gasteiger partial charge in [0.15, 0.2) is 0 Å². The van der Waals surface area contributed by atoms with E-state index in [9.17, 15) is 4.79 Å². The quantitative estimate of drug-likeness (QED) is 0.646. The number of fused-ring (bicyclic) bond motifs is 1. The Kier molecular flexibility index (Phi) is 2.68. The lowest BCUT2D eigenvalue weighted by Gasteiger charge is -2.16. The Balaban J connectivity index is 2.35. The van der Waals surface area contributed by atoms with Gasteiger partial charge in [0.25, 0.3) is 5.91 Å². The highest BCUT2D eigenvalue weighted by Crippen LogP contribution is 2.17. The number of carbonyl (C=O) groups is 1. The van der Waals surface area contributed by atoms with Gasteiger partial charge in [0.05, 0.1) is 6.07 Å². The van der Waals surface area contributed by atoms with Gasteiger partial charge in [-0.1, -0.05) is 18.2 Å². The van der Waals surface area contributed by atoms with Crippen molar-refractivity contribution in [3.05, 3.63) is 35.4 Å². The van der Waals surface area contributed by atoms with Gasteiger partial charge in [-0.15, -0.1) is 0 Å². The van der Waals surface area contributed by atoms with Crippen LogP contribution < -0.4 is 0 Å². The Bertz CT molecular complexity index is 420. The van der Waals surface area contributed by atoms with Crippen molar-refractivity contribution < 1.29 is 4.79 Å². The summed E-state index contributed by atoms with van der Waals surface area (Å²) < 4.78 is 0. The molecule has 2 rings (SSSR count). The average molecular weight is 200 g/mol. The van der Waals surface area contributed by atoms with Crippen LogP contribution in [0.5, 0.6) is 0 Å². The molecule has 0 unspecified atom stereocenters. The molecule has 1 aliphatic heterocycles. The molecule has 0 aromatic heterocycles. The summed E-state index contributed by atoms with van der Waals surface area (Å²) in [5, 5.41) is 8.63. The van der Waals surface area contributed by atoms with Gasteiger partial charge in [-0.05, 0) is 24.5 Å². The maximum absolute atomic E-state index is 12.0. The molecular weight excluding hydrogens is 188 g/mol. The lowest BCUT2D eigenvalue weighted by atomic mass is 10.0. The van der Waals surface area contributed by atoms with E-state index < -0.39 is 0 Å². The van der Waals surface area contributed by atoms with Crippen LogP contribution in [0.3, 0.4) is 0 Å². The van der Waals surface area contributed by atoms with Crippen LogP contribution >= 0.6 is 0 Å². The fraction of sp³-hybridized carbons (Fsp3) is 0.333. The maximum Gasteiger partial charge on any atom is 0.254 e. The molecule has 1 amide bonds. The third-order valence-electron chi connectivity index (χ3n) is 2.67. The van der Waals surface area contributed by atoms with Crippen LogP contribution in [0.1, 0.15) is 22.3 Å². The van der Waals surface area contributed by atoms with Gasteiger partial charge in [-0.2, -0.15) is 5.26 Å². The third kappa shape index (κ3) is 1.84. The second-order valence-corrected chi connectivity index (χ2v) is 3.65. The van der Waals surface area contributed by atoms with Crippen LogP contribution in [0, 0.1) is 11.3 Å². The molecule has 0 spiro atoms. The summed E-state index contributed by atoms with van der Waals surface area (Å²) >= 11 is 0. The Hall–Kier alpha value is -1.82. The van der Waals surface area contributed by atoms with Crippen molar-refractivity contribution in [1.82, 2.24) is 4.90 Å². The number of hydrogen-bond donors (Lipinski definition) is 0. The number of amides is 1. The summed E-state index contributed by atoms with van der Waals surface area (Å²) in [6, 6.07) is 9.68. The van der Waals surface area contributed by atoms with Crippen LogP contribution in [0.4, 0.5) is 0 Å². The van der Waals surface area contributed by atoms with E-state index in [4.69, 9.17) is 5.26 Å². The summed E-state index contributed by atoms with van der Waals surface area (Å²) in [5.41, 5.74) is 1.85. The van der Waals surface area contributed by atoms with Gasteiger partial charge < -0.3 is 4.90 Å². The first kappa shape index (κ1) is 9.72. The molecule has 15 heavy (non-hydrogen) atoms. The average Bonchev–Trinajstić information content (AvgIpc) is 2.41. The SMILES string of the molecule is N#CCN1CCCc2ccccc2C1=O. The van der Waals surface area contributed by atoms with E-state index in [1.165, 1.54) is 0 Å². The van der Waals surface area contributed by atoms with Gasteiger partial charge >= 0.3 is 0 Å². The summed E-state index contributed by atoms with van der Waals surface area (Å²) in [7, 11) is 0. The Labute approximate surface area is 88.9 Å². The molecule has 0 saturated carbocycles. The van der Waals surface area contributed by atoms with Crippen molar-refractivity contribution in [3.63, 3.8) is 0 Å². The van der Waals surface area contributed by atoms with Gasteiger partial charge in [0.2, 0.25) is 0 Å². The van der Waals surface area contributed by atoms with Crippen LogP contribution in [-0.2, 0) is 6.42 Å². The molecule has 1 aromatic carbocycles. The molecular formula is C12H12N2O. The second kappa shape index (κ2) is 4.14. The first-order valence-electron chi connectivity index (χ1n) is 5.07. The zero-order valence-electron chi connectivity index (χ0n) is 8.44.